The number of hydrogen-bond acceptors (Lipinski definition) is 4. The molecule has 2 aromatic heterocycles. The molecule has 0 atom stereocenters. The van der Waals surface area contributed by atoms with Crippen LogP contribution in [0.5, 0.6) is 0 Å². The number of piperidine rings is 1. The number of likely N-dealkylation sites (tertiary alicyclic amines) is 1. The fourth-order valence-corrected chi connectivity index (χ4v) is 3.00. The van der Waals surface area contributed by atoms with Gasteiger partial charge in [0.05, 0.1) is 17.9 Å². The van der Waals surface area contributed by atoms with E-state index in [-0.39, 0.29) is 5.91 Å². The van der Waals surface area contributed by atoms with E-state index in [0.717, 1.165) is 42.7 Å². The molecule has 0 aromatic carbocycles. The number of pyridine rings is 1. The Bertz CT molecular complexity index is 729. The van der Waals surface area contributed by atoms with Gasteiger partial charge in [-0.15, -0.1) is 0 Å². The van der Waals surface area contributed by atoms with Gasteiger partial charge in [-0.25, -0.2) is 0 Å². The van der Waals surface area contributed by atoms with Gasteiger partial charge in [0, 0.05) is 39.6 Å². The second kappa shape index (κ2) is 6.63. The molecule has 0 N–H and O–H groups in total. The largest absolute Gasteiger partial charge is 0.375 e. The third-order valence-electron chi connectivity index (χ3n) is 4.82. The minimum Gasteiger partial charge on any atom is -0.375 e. The number of nitrogens with zero attached hydrogens (tertiary/aromatic N) is 5. The van der Waals surface area contributed by atoms with Gasteiger partial charge < -0.3 is 9.80 Å². The van der Waals surface area contributed by atoms with Gasteiger partial charge in [0.15, 0.2) is 0 Å². The Morgan fingerprint density at radius 2 is 1.88 bits per heavy atom. The summed E-state index contributed by atoms with van der Waals surface area (Å²) >= 11 is 0. The Kier molecular flexibility index (Phi) is 4.55. The Morgan fingerprint density at radius 1 is 1.17 bits per heavy atom. The summed E-state index contributed by atoms with van der Waals surface area (Å²) in [5.74, 6) is 0.0333. The molecule has 0 aliphatic carbocycles. The van der Waals surface area contributed by atoms with Gasteiger partial charge in [-0.3, -0.25) is 14.5 Å². The molecule has 3 heterocycles. The second-order valence-electron chi connectivity index (χ2n) is 6.75. The van der Waals surface area contributed by atoms with Crippen LogP contribution in [0.25, 0.3) is 0 Å². The smallest absolute Gasteiger partial charge is 0.272 e. The highest BCUT2D eigenvalue weighted by atomic mass is 16.2. The third-order valence-corrected chi connectivity index (χ3v) is 4.82. The van der Waals surface area contributed by atoms with Gasteiger partial charge in [-0.1, -0.05) is 0 Å². The van der Waals surface area contributed by atoms with Crippen LogP contribution in [0.4, 0.5) is 5.69 Å². The van der Waals surface area contributed by atoms with Crippen molar-refractivity contribution >= 4 is 11.6 Å². The molecule has 1 aliphatic rings. The lowest BCUT2D eigenvalue weighted by Crippen LogP contribution is -2.39. The quantitative estimate of drug-likeness (QED) is 0.869. The summed E-state index contributed by atoms with van der Waals surface area (Å²) in [6.07, 6.45) is 7.58. The van der Waals surface area contributed by atoms with E-state index in [9.17, 15) is 4.79 Å². The lowest BCUT2D eigenvalue weighted by molar-refractivity contribution is 0.0684. The molecule has 0 unspecified atom stereocenters. The van der Waals surface area contributed by atoms with Crippen LogP contribution < -0.4 is 4.90 Å². The number of amides is 1. The lowest BCUT2D eigenvalue weighted by Gasteiger charge is -2.32. The number of aromatic nitrogens is 3. The summed E-state index contributed by atoms with van der Waals surface area (Å²) in [6.45, 7) is 5.51. The highest BCUT2D eigenvalue weighted by molar-refractivity contribution is 5.92. The molecule has 128 valence electrons. The molecule has 1 amide bonds. The van der Waals surface area contributed by atoms with Crippen molar-refractivity contribution in [3.8, 4) is 0 Å². The summed E-state index contributed by atoms with van der Waals surface area (Å²) in [5.41, 5.74) is 3.87. The van der Waals surface area contributed by atoms with Crippen LogP contribution in [0.3, 0.4) is 0 Å². The lowest BCUT2D eigenvalue weighted by atomic mass is 10.0. The Morgan fingerprint density at radius 3 is 2.46 bits per heavy atom. The van der Waals surface area contributed by atoms with Crippen LogP contribution >= 0.6 is 0 Å². The van der Waals surface area contributed by atoms with Gasteiger partial charge in [0.2, 0.25) is 0 Å². The average molecular weight is 327 g/mol. The summed E-state index contributed by atoms with van der Waals surface area (Å²) in [5, 5.41) is 4.47. The highest BCUT2D eigenvalue weighted by Crippen LogP contribution is 2.24. The monoisotopic (exact) mass is 327 g/mol. The number of rotatable bonds is 3. The molecule has 24 heavy (non-hydrogen) atoms. The minimum atomic E-state index is 0.0333. The molecule has 1 fully saturated rings. The number of hydrogen-bond donors (Lipinski definition) is 0. The molecular weight excluding hydrogens is 302 g/mol. The standard InChI is InChI=1S/C18H25N5O/c1-13-9-17(19-10-14(13)2)18(24)22-7-5-15(6-8-22)23-12-16(11-20-23)21(3)4/h9-12,15H,5-8H2,1-4H3. The predicted molar refractivity (Wildman–Crippen MR) is 94.4 cm³/mol. The first-order valence-electron chi connectivity index (χ1n) is 8.39. The van der Waals surface area contributed by atoms with E-state index in [1.165, 1.54) is 0 Å². The van der Waals surface area contributed by atoms with Crippen molar-refractivity contribution in [1.82, 2.24) is 19.7 Å². The fraction of sp³-hybridized carbons (Fsp3) is 0.500. The zero-order chi connectivity index (χ0) is 17.3. The predicted octanol–water partition coefficient (Wildman–Crippen LogP) is 2.44. The number of aryl methyl sites for hydroxylation is 2. The molecule has 0 radical (unpaired) electrons. The molecule has 0 spiro atoms. The van der Waals surface area contributed by atoms with Crippen molar-refractivity contribution in [3.63, 3.8) is 0 Å². The molecule has 2 aromatic rings. The first-order valence-corrected chi connectivity index (χ1v) is 8.39. The average Bonchev–Trinajstić information content (AvgIpc) is 3.07. The summed E-state index contributed by atoms with van der Waals surface area (Å²) in [4.78, 5) is 20.9. The Labute approximate surface area is 143 Å². The Balaban J connectivity index is 1.63. The number of carbonyl (C=O) groups is 1. The van der Waals surface area contributed by atoms with E-state index < -0.39 is 0 Å². The second-order valence-corrected chi connectivity index (χ2v) is 6.75. The molecule has 0 saturated carbocycles. The van der Waals surface area contributed by atoms with E-state index in [2.05, 4.69) is 16.3 Å². The van der Waals surface area contributed by atoms with Crippen LogP contribution in [0.1, 0.15) is 40.5 Å². The van der Waals surface area contributed by atoms with Crippen LogP contribution in [0, 0.1) is 13.8 Å². The third kappa shape index (κ3) is 3.27. The number of anilines is 1. The van der Waals surface area contributed by atoms with Crippen LogP contribution in [-0.4, -0.2) is 52.8 Å². The first kappa shape index (κ1) is 16.5. The summed E-state index contributed by atoms with van der Waals surface area (Å²) < 4.78 is 2.03. The van der Waals surface area contributed by atoms with Crippen molar-refractivity contribution in [2.75, 3.05) is 32.1 Å². The van der Waals surface area contributed by atoms with Gasteiger partial charge in [-0.2, -0.15) is 5.10 Å². The van der Waals surface area contributed by atoms with Gasteiger partial charge >= 0.3 is 0 Å². The summed E-state index contributed by atoms with van der Waals surface area (Å²) in [7, 11) is 4.03. The van der Waals surface area contributed by atoms with E-state index in [0.29, 0.717) is 11.7 Å². The van der Waals surface area contributed by atoms with Crippen molar-refractivity contribution in [2.24, 2.45) is 0 Å². The maximum Gasteiger partial charge on any atom is 0.272 e. The van der Waals surface area contributed by atoms with Gasteiger partial charge in [0.25, 0.3) is 5.91 Å². The van der Waals surface area contributed by atoms with Crippen LogP contribution in [0.15, 0.2) is 24.7 Å². The molecular formula is C18H25N5O. The van der Waals surface area contributed by atoms with Gasteiger partial charge in [-0.05, 0) is 43.9 Å². The zero-order valence-electron chi connectivity index (χ0n) is 14.9. The van der Waals surface area contributed by atoms with Crippen LogP contribution in [0.2, 0.25) is 0 Å². The topological polar surface area (TPSA) is 54.3 Å². The normalized spacial score (nSPS) is 15.6. The SMILES string of the molecule is Cc1cnc(C(=O)N2CCC(n3cc(N(C)C)cn3)CC2)cc1C. The maximum absolute atomic E-state index is 12.6. The molecule has 6 heteroatoms. The van der Waals surface area contributed by atoms with Crippen LogP contribution in [-0.2, 0) is 0 Å². The van der Waals surface area contributed by atoms with Crippen molar-refractivity contribution in [2.45, 2.75) is 32.7 Å². The molecule has 6 nitrogen and oxygen atoms in total. The van der Waals surface area contributed by atoms with E-state index in [4.69, 9.17) is 0 Å². The minimum absolute atomic E-state index is 0.0333. The maximum atomic E-state index is 12.6. The van der Waals surface area contributed by atoms with E-state index >= 15 is 0 Å². The number of carbonyl (C=O) groups excluding carboxylic acids is 1. The van der Waals surface area contributed by atoms with Gasteiger partial charge in [0.1, 0.15) is 5.69 Å². The molecule has 0 bridgehead atoms. The van der Waals surface area contributed by atoms with Crippen molar-refractivity contribution < 1.29 is 4.79 Å². The fourth-order valence-electron chi connectivity index (χ4n) is 3.00. The Hall–Kier alpha value is -2.37. The van der Waals surface area contributed by atoms with E-state index in [1.54, 1.807) is 6.20 Å². The zero-order valence-corrected chi connectivity index (χ0v) is 14.9. The first-order chi connectivity index (χ1) is 11.5. The summed E-state index contributed by atoms with van der Waals surface area (Å²) in [6, 6.07) is 2.25. The molecule has 3 rings (SSSR count). The van der Waals surface area contributed by atoms with Crippen molar-refractivity contribution in [1.29, 1.82) is 0 Å². The van der Waals surface area contributed by atoms with Crippen molar-refractivity contribution in [3.05, 3.63) is 41.5 Å². The molecule has 1 saturated heterocycles. The van der Waals surface area contributed by atoms with E-state index in [1.807, 2.05) is 54.7 Å². The molecule has 1 aliphatic heterocycles. The highest BCUT2D eigenvalue weighted by Gasteiger charge is 2.26.